The minimum Gasteiger partial charge on any atom is -0.319 e. The Kier molecular flexibility index (Phi) is 5.51. The van der Waals surface area contributed by atoms with E-state index in [9.17, 15) is 9.18 Å². The Morgan fingerprint density at radius 3 is 2.58 bits per heavy atom. The maximum atomic E-state index is 14.5. The van der Waals surface area contributed by atoms with Gasteiger partial charge in [-0.3, -0.25) is 4.79 Å². The van der Waals surface area contributed by atoms with E-state index in [0.717, 1.165) is 5.69 Å². The van der Waals surface area contributed by atoms with Crippen LogP contribution >= 0.6 is 11.6 Å². The molecule has 0 aliphatic carbocycles. The zero-order valence-electron chi connectivity index (χ0n) is 17.0. The molecule has 0 saturated heterocycles. The molecule has 4 rings (SSSR count). The van der Waals surface area contributed by atoms with Crippen LogP contribution in [-0.4, -0.2) is 35.9 Å². The summed E-state index contributed by atoms with van der Waals surface area (Å²) in [4.78, 5) is 13.1. The van der Waals surface area contributed by atoms with E-state index in [1.165, 1.54) is 29.1 Å². The van der Waals surface area contributed by atoms with Crippen molar-refractivity contribution < 1.29 is 9.18 Å². The van der Waals surface area contributed by atoms with Crippen molar-refractivity contribution in [3.63, 3.8) is 0 Å². The minimum absolute atomic E-state index is 0.0163. The molecule has 1 N–H and O–H groups in total. The summed E-state index contributed by atoms with van der Waals surface area (Å²) in [5, 5.41) is 18.9. The zero-order chi connectivity index (χ0) is 22.1. The highest BCUT2D eigenvalue weighted by Crippen LogP contribution is 2.26. The Balaban J connectivity index is 1.69. The number of aryl methyl sites for hydroxylation is 1. The standard InChI is InChI=1S/C21H19ClFN7O/c1-12(2)20-17(11-24-30(20)15-6-4-5-14(22)9-15)21(31)25-19-10-16(7-8-18(19)23)29-13(3)26-27-28-29/h4-12H,1-3H3,(H,25,31). The Morgan fingerprint density at radius 1 is 1.13 bits per heavy atom. The van der Waals surface area contributed by atoms with Gasteiger partial charge in [0.05, 0.1) is 34.5 Å². The van der Waals surface area contributed by atoms with Crippen molar-refractivity contribution in [2.45, 2.75) is 26.7 Å². The van der Waals surface area contributed by atoms with Gasteiger partial charge in [0.25, 0.3) is 5.91 Å². The van der Waals surface area contributed by atoms with E-state index in [4.69, 9.17) is 11.6 Å². The van der Waals surface area contributed by atoms with Gasteiger partial charge in [-0.15, -0.1) is 5.10 Å². The van der Waals surface area contributed by atoms with Gasteiger partial charge >= 0.3 is 0 Å². The van der Waals surface area contributed by atoms with Crippen molar-refractivity contribution >= 4 is 23.2 Å². The van der Waals surface area contributed by atoms with Crippen molar-refractivity contribution in [2.75, 3.05) is 5.32 Å². The minimum atomic E-state index is -0.573. The lowest BCUT2D eigenvalue weighted by molar-refractivity contribution is 0.102. The summed E-state index contributed by atoms with van der Waals surface area (Å²) in [6.45, 7) is 5.63. The molecule has 0 fully saturated rings. The Hall–Kier alpha value is -3.59. The molecule has 158 valence electrons. The number of aromatic nitrogens is 6. The molecule has 4 aromatic rings. The molecule has 0 saturated carbocycles. The molecule has 1 amide bonds. The molecule has 2 heterocycles. The van der Waals surface area contributed by atoms with Crippen LogP contribution in [0.15, 0.2) is 48.7 Å². The number of hydrogen-bond donors (Lipinski definition) is 1. The summed E-state index contributed by atoms with van der Waals surface area (Å²) in [5.41, 5.74) is 2.31. The van der Waals surface area contributed by atoms with Crippen molar-refractivity contribution in [1.29, 1.82) is 0 Å². The molecule has 31 heavy (non-hydrogen) atoms. The second-order valence-corrected chi connectivity index (χ2v) is 7.68. The van der Waals surface area contributed by atoms with Crippen LogP contribution in [0.3, 0.4) is 0 Å². The van der Waals surface area contributed by atoms with E-state index >= 15 is 0 Å². The third-order valence-corrected chi connectivity index (χ3v) is 4.95. The first-order chi connectivity index (χ1) is 14.8. The highest BCUT2D eigenvalue weighted by molar-refractivity contribution is 6.30. The highest BCUT2D eigenvalue weighted by atomic mass is 35.5. The first kappa shape index (κ1) is 20.7. The summed E-state index contributed by atoms with van der Waals surface area (Å²) >= 11 is 6.11. The predicted molar refractivity (Wildman–Crippen MR) is 114 cm³/mol. The topological polar surface area (TPSA) is 90.5 Å². The quantitative estimate of drug-likeness (QED) is 0.500. The number of tetrazole rings is 1. The Bertz CT molecular complexity index is 1260. The van der Waals surface area contributed by atoms with Crippen LogP contribution < -0.4 is 5.32 Å². The summed E-state index contributed by atoms with van der Waals surface area (Å²) in [5.74, 6) is -0.534. The van der Waals surface area contributed by atoms with E-state index in [2.05, 4.69) is 25.9 Å². The zero-order valence-corrected chi connectivity index (χ0v) is 17.8. The fourth-order valence-corrected chi connectivity index (χ4v) is 3.49. The van der Waals surface area contributed by atoms with Crippen LogP contribution in [0.1, 0.15) is 41.6 Å². The monoisotopic (exact) mass is 439 g/mol. The number of amides is 1. The summed E-state index contributed by atoms with van der Waals surface area (Å²) in [6.07, 6.45) is 1.47. The molecule has 0 unspecified atom stereocenters. The van der Waals surface area contributed by atoms with Gasteiger partial charge in [-0.2, -0.15) is 9.78 Å². The molecular formula is C21H19ClFN7O. The second-order valence-electron chi connectivity index (χ2n) is 7.25. The maximum Gasteiger partial charge on any atom is 0.259 e. The predicted octanol–water partition coefficient (Wildman–Crippen LogP) is 4.32. The first-order valence-electron chi connectivity index (χ1n) is 9.55. The van der Waals surface area contributed by atoms with Gasteiger partial charge in [0.2, 0.25) is 0 Å². The number of hydrogen-bond acceptors (Lipinski definition) is 5. The fourth-order valence-electron chi connectivity index (χ4n) is 3.30. The molecular weight excluding hydrogens is 421 g/mol. The molecule has 0 aliphatic rings. The molecule has 0 radical (unpaired) electrons. The van der Waals surface area contributed by atoms with Gasteiger partial charge in [-0.05, 0) is 59.7 Å². The molecule has 10 heteroatoms. The summed E-state index contributed by atoms with van der Waals surface area (Å²) < 4.78 is 17.6. The maximum absolute atomic E-state index is 14.5. The van der Waals surface area contributed by atoms with Crippen LogP contribution in [0.2, 0.25) is 5.02 Å². The normalized spacial score (nSPS) is 11.2. The smallest absolute Gasteiger partial charge is 0.259 e. The second kappa shape index (κ2) is 8.27. The van der Waals surface area contributed by atoms with E-state index in [1.807, 2.05) is 26.0 Å². The van der Waals surface area contributed by atoms with Gasteiger partial charge in [0, 0.05) is 5.02 Å². The Morgan fingerprint density at radius 2 is 1.90 bits per heavy atom. The molecule has 2 aromatic heterocycles. The number of rotatable bonds is 5. The average Bonchev–Trinajstić information content (AvgIpc) is 3.36. The van der Waals surface area contributed by atoms with Crippen LogP contribution in [0, 0.1) is 12.7 Å². The van der Waals surface area contributed by atoms with Gasteiger partial charge in [0.15, 0.2) is 5.82 Å². The van der Waals surface area contributed by atoms with Crippen molar-refractivity contribution in [1.82, 2.24) is 30.0 Å². The number of nitrogens with one attached hydrogen (secondary N) is 1. The first-order valence-corrected chi connectivity index (χ1v) is 9.93. The number of benzene rings is 2. The largest absolute Gasteiger partial charge is 0.319 e. The van der Waals surface area contributed by atoms with Crippen molar-refractivity contribution in [3.05, 3.63) is 76.6 Å². The van der Waals surface area contributed by atoms with E-state index in [1.54, 1.807) is 23.7 Å². The van der Waals surface area contributed by atoms with Crippen LogP contribution in [-0.2, 0) is 0 Å². The van der Waals surface area contributed by atoms with Gasteiger partial charge in [-0.1, -0.05) is 31.5 Å². The van der Waals surface area contributed by atoms with Crippen LogP contribution in [0.25, 0.3) is 11.4 Å². The number of anilines is 1. The lowest BCUT2D eigenvalue weighted by atomic mass is 10.0. The number of halogens is 2. The van der Waals surface area contributed by atoms with Gasteiger partial charge in [0.1, 0.15) is 5.82 Å². The summed E-state index contributed by atoms with van der Waals surface area (Å²) in [6, 6.07) is 11.5. The van der Waals surface area contributed by atoms with Crippen LogP contribution in [0.5, 0.6) is 0 Å². The molecule has 0 bridgehead atoms. The third kappa shape index (κ3) is 4.04. The van der Waals surface area contributed by atoms with Crippen molar-refractivity contribution in [3.8, 4) is 11.4 Å². The third-order valence-electron chi connectivity index (χ3n) is 4.72. The molecule has 0 aliphatic heterocycles. The lowest BCUT2D eigenvalue weighted by Gasteiger charge is -2.14. The molecule has 0 spiro atoms. The number of nitrogens with zero attached hydrogens (tertiary/aromatic N) is 6. The number of carbonyl (C=O) groups is 1. The highest BCUT2D eigenvalue weighted by Gasteiger charge is 2.22. The molecule has 0 atom stereocenters. The average molecular weight is 440 g/mol. The van der Waals surface area contributed by atoms with Gasteiger partial charge in [-0.25, -0.2) is 9.07 Å². The van der Waals surface area contributed by atoms with E-state index in [0.29, 0.717) is 27.8 Å². The summed E-state index contributed by atoms with van der Waals surface area (Å²) in [7, 11) is 0. The molecule has 2 aromatic carbocycles. The van der Waals surface area contributed by atoms with Crippen LogP contribution in [0.4, 0.5) is 10.1 Å². The SMILES string of the molecule is Cc1nnnn1-c1ccc(F)c(NC(=O)c2cnn(-c3cccc(Cl)c3)c2C(C)C)c1. The van der Waals surface area contributed by atoms with E-state index in [-0.39, 0.29) is 11.6 Å². The lowest BCUT2D eigenvalue weighted by Crippen LogP contribution is -2.16. The fraction of sp³-hybridized carbons (Fsp3) is 0.190. The van der Waals surface area contributed by atoms with Crippen molar-refractivity contribution in [2.24, 2.45) is 0 Å². The Labute approximate surface area is 182 Å². The van der Waals surface area contributed by atoms with E-state index < -0.39 is 11.7 Å². The number of carbonyl (C=O) groups excluding carboxylic acids is 1. The molecule has 8 nitrogen and oxygen atoms in total. The van der Waals surface area contributed by atoms with Gasteiger partial charge < -0.3 is 5.32 Å².